The van der Waals surface area contributed by atoms with Crippen LogP contribution in [0.3, 0.4) is 0 Å². The van der Waals surface area contributed by atoms with E-state index < -0.39 is 5.92 Å². The number of amides is 1. The molecule has 0 bridgehead atoms. The van der Waals surface area contributed by atoms with Crippen LogP contribution in [-0.2, 0) is 9.59 Å². The Morgan fingerprint density at radius 2 is 1.92 bits per heavy atom. The molecule has 5 nitrogen and oxygen atoms in total. The van der Waals surface area contributed by atoms with E-state index in [1.165, 1.54) is 0 Å². The maximum atomic E-state index is 13.0. The lowest BCUT2D eigenvalue weighted by Crippen LogP contribution is -2.31. The van der Waals surface area contributed by atoms with Gasteiger partial charge in [0, 0.05) is 19.2 Å². The number of nitrogens with zero attached hydrogens (tertiary/aromatic N) is 1. The van der Waals surface area contributed by atoms with Crippen LogP contribution in [0.5, 0.6) is 11.5 Å². The third-order valence-corrected chi connectivity index (χ3v) is 4.14. The molecule has 0 radical (unpaired) electrons. The van der Waals surface area contributed by atoms with Gasteiger partial charge in [0.15, 0.2) is 11.5 Å². The van der Waals surface area contributed by atoms with Gasteiger partial charge in [-0.25, -0.2) is 0 Å². The summed E-state index contributed by atoms with van der Waals surface area (Å²) in [5.74, 6) is 0.854. The van der Waals surface area contributed by atoms with Crippen molar-refractivity contribution in [2.75, 3.05) is 18.7 Å². The van der Waals surface area contributed by atoms with E-state index >= 15 is 0 Å². The predicted octanol–water partition coefficient (Wildman–Crippen LogP) is 3.14. The SMILES string of the molecule is CN(C(=O)C(CCC=O)c1ccc2c(c1)OCO2)c1ccccc1. The van der Waals surface area contributed by atoms with E-state index in [2.05, 4.69) is 0 Å². The standard InChI is InChI=1S/C19H19NO4/c1-20(15-6-3-2-4-7-15)19(22)16(8-5-11-21)14-9-10-17-18(12-14)24-13-23-17/h2-4,6-7,9-12,16H,5,8,13H2,1H3. The van der Waals surface area contributed by atoms with Crippen molar-refractivity contribution in [3.63, 3.8) is 0 Å². The van der Waals surface area contributed by atoms with E-state index in [4.69, 9.17) is 9.47 Å². The lowest BCUT2D eigenvalue weighted by Gasteiger charge is -2.24. The van der Waals surface area contributed by atoms with Gasteiger partial charge < -0.3 is 19.2 Å². The lowest BCUT2D eigenvalue weighted by atomic mass is 9.92. The fraction of sp³-hybridized carbons (Fsp3) is 0.263. The van der Waals surface area contributed by atoms with Crippen molar-refractivity contribution in [3.8, 4) is 11.5 Å². The number of rotatable bonds is 6. The highest BCUT2D eigenvalue weighted by Crippen LogP contribution is 2.36. The maximum absolute atomic E-state index is 13.0. The zero-order valence-electron chi connectivity index (χ0n) is 13.5. The van der Waals surface area contributed by atoms with Gasteiger partial charge in [-0.05, 0) is 36.2 Å². The normalized spacial score (nSPS) is 13.4. The van der Waals surface area contributed by atoms with Crippen LogP contribution < -0.4 is 14.4 Å². The van der Waals surface area contributed by atoms with Gasteiger partial charge >= 0.3 is 0 Å². The minimum absolute atomic E-state index is 0.0538. The Morgan fingerprint density at radius 3 is 2.67 bits per heavy atom. The summed E-state index contributed by atoms with van der Waals surface area (Å²) in [7, 11) is 1.75. The van der Waals surface area contributed by atoms with Crippen molar-refractivity contribution in [3.05, 3.63) is 54.1 Å². The third-order valence-electron chi connectivity index (χ3n) is 4.14. The zero-order chi connectivity index (χ0) is 16.9. The Hall–Kier alpha value is -2.82. The number of benzene rings is 2. The van der Waals surface area contributed by atoms with Gasteiger partial charge in [-0.3, -0.25) is 4.79 Å². The minimum Gasteiger partial charge on any atom is -0.454 e. The molecule has 2 aromatic carbocycles. The topological polar surface area (TPSA) is 55.8 Å². The fourth-order valence-electron chi connectivity index (χ4n) is 2.81. The van der Waals surface area contributed by atoms with Crippen molar-refractivity contribution in [2.45, 2.75) is 18.8 Å². The first-order valence-electron chi connectivity index (χ1n) is 7.86. The van der Waals surface area contributed by atoms with Crippen molar-refractivity contribution < 1.29 is 19.1 Å². The molecule has 1 amide bonds. The average Bonchev–Trinajstić information content (AvgIpc) is 3.10. The summed E-state index contributed by atoms with van der Waals surface area (Å²) < 4.78 is 10.7. The van der Waals surface area contributed by atoms with Crippen LogP contribution in [0.2, 0.25) is 0 Å². The Morgan fingerprint density at radius 1 is 1.17 bits per heavy atom. The second kappa shape index (κ2) is 7.17. The second-order valence-electron chi connectivity index (χ2n) is 5.64. The molecule has 1 unspecified atom stereocenters. The number of hydrogen-bond acceptors (Lipinski definition) is 4. The molecule has 3 rings (SSSR count). The summed E-state index contributed by atoms with van der Waals surface area (Å²) in [6.07, 6.45) is 1.63. The molecule has 1 atom stereocenters. The summed E-state index contributed by atoms with van der Waals surface area (Å²) in [6, 6.07) is 14.9. The van der Waals surface area contributed by atoms with E-state index in [1.54, 1.807) is 18.0 Å². The Bertz CT molecular complexity index is 729. The number of para-hydroxylation sites is 1. The number of ether oxygens (including phenoxy) is 2. The summed E-state index contributed by atoms with van der Waals surface area (Å²) in [5, 5.41) is 0. The Labute approximate surface area is 140 Å². The largest absolute Gasteiger partial charge is 0.454 e. The molecule has 0 aliphatic carbocycles. The zero-order valence-corrected chi connectivity index (χ0v) is 13.5. The van der Waals surface area contributed by atoms with E-state index in [0.717, 1.165) is 17.5 Å². The molecule has 2 aromatic rings. The van der Waals surface area contributed by atoms with Crippen molar-refractivity contribution >= 4 is 17.9 Å². The molecule has 1 aliphatic heterocycles. The summed E-state index contributed by atoms with van der Waals surface area (Å²) >= 11 is 0. The van der Waals surface area contributed by atoms with Gasteiger partial charge in [-0.2, -0.15) is 0 Å². The van der Waals surface area contributed by atoms with Gasteiger partial charge in [0.05, 0.1) is 5.92 Å². The smallest absolute Gasteiger partial charge is 0.234 e. The second-order valence-corrected chi connectivity index (χ2v) is 5.64. The highest BCUT2D eigenvalue weighted by Gasteiger charge is 2.26. The van der Waals surface area contributed by atoms with Crippen LogP contribution in [0.1, 0.15) is 24.3 Å². The number of carbonyl (C=O) groups is 2. The first-order valence-corrected chi connectivity index (χ1v) is 7.86. The summed E-state index contributed by atoms with van der Waals surface area (Å²) in [5.41, 5.74) is 1.65. The van der Waals surface area contributed by atoms with Crippen LogP contribution >= 0.6 is 0 Å². The number of carbonyl (C=O) groups excluding carboxylic acids is 2. The first kappa shape index (κ1) is 16.1. The summed E-state index contributed by atoms with van der Waals surface area (Å²) in [4.78, 5) is 25.4. The Balaban J connectivity index is 1.88. The lowest BCUT2D eigenvalue weighted by molar-refractivity contribution is -0.120. The predicted molar refractivity (Wildman–Crippen MR) is 90.5 cm³/mol. The van der Waals surface area contributed by atoms with Crippen molar-refractivity contribution in [1.82, 2.24) is 0 Å². The molecule has 24 heavy (non-hydrogen) atoms. The summed E-state index contributed by atoms with van der Waals surface area (Å²) in [6.45, 7) is 0.190. The highest BCUT2D eigenvalue weighted by molar-refractivity contribution is 5.97. The molecule has 0 N–H and O–H groups in total. The number of fused-ring (bicyclic) bond motifs is 1. The highest BCUT2D eigenvalue weighted by atomic mass is 16.7. The first-order chi connectivity index (χ1) is 11.7. The fourth-order valence-corrected chi connectivity index (χ4v) is 2.81. The molecular formula is C19H19NO4. The minimum atomic E-state index is -0.407. The van der Waals surface area contributed by atoms with Crippen molar-refractivity contribution in [1.29, 1.82) is 0 Å². The number of aldehydes is 1. The van der Waals surface area contributed by atoms with Gasteiger partial charge in [0.2, 0.25) is 12.7 Å². The van der Waals surface area contributed by atoms with Crippen LogP contribution in [0.4, 0.5) is 5.69 Å². The van der Waals surface area contributed by atoms with Gasteiger partial charge in [-0.15, -0.1) is 0 Å². The number of likely N-dealkylation sites (N-methyl/N-ethyl adjacent to an activating group) is 1. The van der Waals surface area contributed by atoms with Gasteiger partial charge in [0.1, 0.15) is 6.29 Å². The van der Waals surface area contributed by atoms with Crippen LogP contribution in [0.15, 0.2) is 48.5 Å². The maximum Gasteiger partial charge on any atom is 0.234 e. The van der Waals surface area contributed by atoms with Crippen molar-refractivity contribution in [2.24, 2.45) is 0 Å². The molecular weight excluding hydrogens is 306 g/mol. The number of hydrogen-bond donors (Lipinski definition) is 0. The third kappa shape index (κ3) is 3.25. The van der Waals surface area contributed by atoms with Crippen LogP contribution in [-0.4, -0.2) is 26.0 Å². The van der Waals surface area contributed by atoms with Gasteiger partial charge in [-0.1, -0.05) is 24.3 Å². The van der Waals surface area contributed by atoms with E-state index in [0.29, 0.717) is 24.3 Å². The quantitative estimate of drug-likeness (QED) is 0.766. The molecule has 0 saturated heterocycles. The molecule has 1 aliphatic rings. The Kier molecular flexibility index (Phi) is 4.79. The van der Waals surface area contributed by atoms with E-state index in [-0.39, 0.29) is 12.7 Å². The monoisotopic (exact) mass is 325 g/mol. The van der Waals surface area contributed by atoms with Gasteiger partial charge in [0.25, 0.3) is 0 Å². The molecule has 124 valence electrons. The van der Waals surface area contributed by atoms with E-state index in [1.807, 2.05) is 42.5 Å². The molecule has 5 heteroatoms. The molecule has 1 heterocycles. The molecule has 0 saturated carbocycles. The van der Waals surface area contributed by atoms with E-state index in [9.17, 15) is 9.59 Å². The molecule has 0 fully saturated rings. The van der Waals surface area contributed by atoms with Crippen LogP contribution in [0, 0.1) is 0 Å². The average molecular weight is 325 g/mol. The molecule has 0 aromatic heterocycles. The van der Waals surface area contributed by atoms with Crippen LogP contribution in [0.25, 0.3) is 0 Å². The number of anilines is 1. The molecule has 0 spiro atoms.